The minimum absolute atomic E-state index is 0.0385. The smallest absolute Gasteiger partial charge is 0.407 e. The summed E-state index contributed by atoms with van der Waals surface area (Å²) in [7, 11) is 1.62. The van der Waals surface area contributed by atoms with Crippen LogP contribution < -0.4 is 4.90 Å². The molecule has 26 heavy (non-hydrogen) atoms. The van der Waals surface area contributed by atoms with Crippen LogP contribution in [0.4, 0.5) is 15.0 Å². The summed E-state index contributed by atoms with van der Waals surface area (Å²) in [6, 6.07) is 6.29. The van der Waals surface area contributed by atoms with Crippen LogP contribution >= 0.6 is 0 Å². The van der Waals surface area contributed by atoms with Crippen molar-refractivity contribution in [3.05, 3.63) is 41.2 Å². The van der Waals surface area contributed by atoms with E-state index in [0.717, 1.165) is 54.1 Å². The molecule has 1 aliphatic rings. The Hall–Kier alpha value is -2.70. The molecule has 1 aromatic heterocycles. The minimum atomic E-state index is -0.890. The van der Waals surface area contributed by atoms with Gasteiger partial charge in [0.2, 0.25) is 0 Å². The second-order valence-corrected chi connectivity index (χ2v) is 6.74. The number of amides is 1. The first kappa shape index (κ1) is 18.1. The number of aromatic nitrogens is 2. The van der Waals surface area contributed by atoms with Crippen LogP contribution in [0.1, 0.15) is 24.0 Å². The molecular weight excluding hydrogens is 335 g/mol. The fourth-order valence-electron chi connectivity index (χ4n) is 3.40. The molecule has 1 saturated heterocycles. The third-order valence-electron chi connectivity index (χ3n) is 5.23. The SMILES string of the molecule is Cc1c(-c2ccc(F)cc2)nnc(N2CCC(N(C)C(=O)O)CC2)c1C. The highest BCUT2D eigenvalue weighted by atomic mass is 19.1. The number of benzene rings is 1. The molecule has 0 aliphatic carbocycles. The molecule has 0 radical (unpaired) electrons. The average Bonchev–Trinajstić information content (AvgIpc) is 2.64. The van der Waals surface area contributed by atoms with Gasteiger partial charge in [-0.05, 0) is 62.1 Å². The lowest BCUT2D eigenvalue weighted by atomic mass is 10.0. The lowest BCUT2D eigenvalue weighted by Crippen LogP contribution is -2.45. The van der Waals surface area contributed by atoms with Gasteiger partial charge < -0.3 is 14.9 Å². The Labute approximate surface area is 152 Å². The Morgan fingerprint density at radius 3 is 2.35 bits per heavy atom. The van der Waals surface area contributed by atoms with Gasteiger partial charge in [-0.3, -0.25) is 0 Å². The van der Waals surface area contributed by atoms with E-state index in [1.165, 1.54) is 17.0 Å². The highest BCUT2D eigenvalue weighted by Gasteiger charge is 2.27. The number of hydrogen-bond donors (Lipinski definition) is 1. The first-order chi connectivity index (χ1) is 12.4. The largest absolute Gasteiger partial charge is 0.465 e. The summed E-state index contributed by atoms with van der Waals surface area (Å²) in [4.78, 5) is 14.7. The Morgan fingerprint density at radius 1 is 1.15 bits per heavy atom. The van der Waals surface area contributed by atoms with Gasteiger partial charge in [0.1, 0.15) is 5.82 Å². The fraction of sp³-hybridized carbons (Fsp3) is 0.421. The van der Waals surface area contributed by atoms with Gasteiger partial charge in [-0.25, -0.2) is 9.18 Å². The Bertz CT molecular complexity index is 802. The number of carbonyl (C=O) groups is 1. The van der Waals surface area contributed by atoms with Gasteiger partial charge in [-0.15, -0.1) is 10.2 Å². The zero-order valence-corrected chi connectivity index (χ0v) is 15.2. The van der Waals surface area contributed by atoms with Crippen molar-refractivity contribution in [2.24, 2.45) is 0 Å². The summed E-state index contributed by atoms with van der Waals surface area (Å²) in [5.74, 6) is 0.562. The normalized spacial score (nSPS) is 15.2. The van der Waals surface area contributed by atoms with Crippen molar-refractivity contribution in [3.8, 4) is 11.3 Å². The van der Waals surface area contributed by atoms with Crippen LogP contribution in [-0.4, -0.2) is 52.5 Å². The molecule has 7 heteroatoms. The number of piperidine rings is 1. The Balaban J connectivity index is 1.79. The first-order valence-electron chi connectivity index (χ1n) is 8.69. The summed E-state index contributed by atoms with van der Waals surface area (Å²) in [5.41, 5.74) is 3.66. The van der Waals surface area contributed by atoms with Crippen LogP contribution in [0.25, 0.3) is 11.3 Å². The summed E-state index contributed by atoms with van der Waals surface area (Å²) < 4.78 is 13.1. The number of rotatable bonds is 3. The second kappa shape index (κ2) is 7.27. The van der Waals surface area contributed by atoms with Crippen LogP contribution in [0.3, 0.4) is 0 Å². The van der Waals surface area contributed by atoms with Gasteiger partial charge in [0.05, 0.1) is 5.69 Å². The molecule has 0 spiro atoms. The molecule has 1 N–H and O–H groups in total. The third-order valence-corrected chi connectivity index (χ3v) is 5.23. The van der Waals surface area contributed by atoms with Crippen LogP contribution in [0.15, 0.2) is 24.3 Å². The summed E-state index contributed by atoms with van der Waals surface area (Å²) in [5, 5.41) is 17.9. The maximum Gasteiger partial charge on any atom is 0.407 e. The lowest BCUT2D eigenvalue weighted by Gasteiger charge is -2.36. The average molecular weight is 358 g/mol. The van der Waals surface area contributed by atoms with Crippen molar-refractivity contribution in [3.63, 3.8) is 0 Å². The molecule has 1 aliphatic heterocycles. The number of halogens is 1. The maximum atomic E-state index is 13.1. The summed E-state index contributed by atoms with van der Waals surface area (Å²) in [6.07, 6.45) is 0.643. The zero-order valence-electron chi connectivity index (χ0n) is 15.2. The van der Waals surface area contributed by atoms with Gasteiger partial charge in [0, 0.05) is 31.7 Å². The number of carboxylic acid groups (broad SMARTS) is 1. The van der Waals surface area contributed by atoms with E-state index < -0.39 is 6.09 Å². The summed E-state index contributed by atoms with van der Waals surface area (Å²) in [6.45, 7) is 5.50. The second-order valence-electron chi connectivity index (χ2n) is 6.74. The van der Waals surface area contributed by atoms with Gasteiger partial charge in [-0.2, -0.15) is 0 Å². The summed E-state index contributed by atoms with van der Waals surface area (Å²) >= 11 is 0. The van der Waals surface area contributed by atoms with Crippen molar-refractivity contribution in [1.82, 2.24) is 15.1 Å². The molecule has 1 aromatic carbocycles. The third kappa shape index (κ3) is 3.47. The molecule has 2 aromatic rings. The van der Waals surface area contributed by atoms with Crippen molar-refractivity contribution in [2.75, 3.05) is 25.0 Å². The van der Waals surface area contributed by atoms with E-state index in [2.05, 4.69) is 15.1 Å². The number of anilines is 1. The molecule has 1 fully saturated rings. The molecule has 6 nitrogen and oxygen atoms in total. The topological polar surface area (TPSA) is 69.6 Å². The van der Waals surface area contributed by atoms with Gasteiger partial charge in [-0.1, -0.05) is 0 Å². The van der Waals surface area contributed by atoms with Crippen LogP contribution in [0.5, 0.6) is 0 Å². The predicted octanol–water partition coefficient (Wildman–Crippen LogP) is 3.48. The molecule has 0 unspecified atom stereocenters. The van der Waals surface area contributed by atoms with E-state index in [9.17, 15) is 9.18 Å². The van der Waals surface area contributed by atoms with Crippen molar-refractivity contribution in [2.45, 2.75) is 32.7 Å². The van der Waals surface area contributed by atoms with E-state index in [1.54, 1.807) is 19.2 Å². The Morgan fingerprint density at radius 2 is 1.77 bits per heavy atom. The maximum absolute atomic E-state index is 13.1. The molecule has 3 rings (SSSR count). The van der Waals surface area contributed by atoms with E-state index in [4.69, 9.17) is 5.11 Å². The van der Waals surface area contributed by atoms with E-state index in [1.807, 2.05) is 13.8 Å². The van der Waals surface area contributed by atoms with Crippen molar-refractivity contribution in [1.29, 1.82) is 0 Å². The monoisotopic (exact) mass is 358 g/mol. The lowest BCUT2D eigenvalue weighted by molar-refractivity contribution is 0.131. The Kier molecular flexibility index (Phi) is 5.06. The van der Waals surface area contributed by atoms with E-state index >= 15 is 0 Å². The van der Waals surface area contributed by atoms with Gasteiger partial charge in [0.25, 0.3) is 0 Å². The standard InChI is InChI=1S/C19H23FN4O2/c1-12-13(2)18(22-21-17(12)14-4-6-15(20)7-5-14)24-10-8-16(9-11-24)23(3)19(25)26/h4-7,16H,8-11H2,1-3H3,(H,25,26). The first-order valence-corrected chi connectivity index (χ1v) is 8.69. The van der Waals surface area contributed by atoms with Crippen LogP contribution in [0.2, 0.25) is 0 Å². The quantitative estimate of drug-likeness (QED) is 0.910. The van der Waals surface area contributed by atoms with E-state index in [-0.39, 0.29) is 11.9 Å². The van der Waals surface area contributed by atoms with Crippen molar-refractivity contribution >= 4 is 11.9 Å². The van der Waals surface area contributed by atoms with Crippen LogP contribution in [0, 0.1) is 19.7 Å². The van der Waals surface area contributed by atoms with E-state index in [0.29, 0.717) is 0 Å². The molecule has 0 bridgehead atoms. The zero-order chi connectivity index (χ0) is 18.8. The molecule has 1 amide bonds. The molecule has 2 heterocycles. The number of nitrogens with zero attached hydrogens (tertiary/aromatic N) is 4. The van der Waals surface area contributed by atoms with Gasteiger partial charge >= 0.3 is 6.09 Å². The minimum Gasteiger partial charge on any atom is -0.465 e. The van der Waals surface area contributed by atoms with Gasteiger partial charge in [0.15, 0.2) is 5.82 Å². The van der Waals surface area contributed by atoms with Crippen LogP contribution in [-0.2, 0) is 0 Å². The van der Waals surface area contributed by atoms with Crippen molar-refractivity contribution < 1.29 is 14.3 Å². The molecular formula is C19H23FN4O2. The highest BCUT2D eigenvalue weighted by Crippen LogP contribution is 2.29. The molecule has 0 saturated carbocycles. The predicted molar refractivity (Wildman–Crippen MR) is 97.9 cm³/mol. The fourth-order valence-corrected chi connectivity index (χ4v) is 3.40. The molecule has 138 valence electrons. The number of hydrogen-bond acceptors (Lipinski definition) is 4. The highest BCUT2D eigenvalue weighted by molar-refractivity contribution is 5.67. The molecule has 0 atom stereocenters.